The Kier molecular flexibility index (Phi) is 6.79. The fourth-order valence-corrected chi connectivity index (χ4v) is 4.34. The van der Waals surface area contributed by atoms with Gasteiger partial charge in [-0.3, -0.25) is 0 Å². The molecule has 2 aromatic rings. The van der Waals surface area contributed by atoms with Gasteiger partial charge in [0, 0.05) is 45.3 Å². The van der Waals surface area contributed by atoms with Crippen LogP contribution in [0.25, 0.3) is 0 Å². The number of para-hydroxylation sites is 2. The molecule has 4 nitrogen and oxygen atoms in total. The lowest BCUT2D eigenvalue weighted by Crippen LogP contribution is -2.43. The summed E-state index contributed by atoms with van der Waals surface area (Å²) in [5, 5.41) is 0. The highest BCUT2D eigenvalue weighted by Gasteiger charge is 2.37. The minimum atomic E-state index is -2.51. The van der Waals surface area contributed by atoms with E-state index in [4.69, 9.17) is 13.3 Å². The van der Waals surface area contributed by atoms with Crippen molar-refractivity contribution in [2.45, 2.75) is 12.5 Å². The van der Waals surface area contributed by atoms with Crippen LogP contribution in [0.4, 0.5) is 11.4 Å². The second-order valence-corrected chi connectivity index (χ2v) is 8.31. The fourth-order valence-electron chi connectivity index (χ4n) is 2.63. The first kappa shape index (κ1) is 17.7. The Hall–Kier alpha value is -1.66. The van der Waals surface area contributed by atoms with Crippen LogP contribution in [0.5, 0.6) is 0 Å². The number of hydrogen-bond donors (Lipinski definition) is 0. The molecule has 0 heterocycles. The van der Waals surface area contributed by atoms with E-state index in [0.717, 1.165) is 19.0 Å². The van der Waals surface area contributed by atoms with Crippen LogP contribution in [0.3, 0.4) is 0 Å². The first-order chi connectivity index (χ1) is 11.2. The molecule has 0 aliphatic carbocycles. The van der Waals surface area contributed by atoms with E-state index in [-0.39, 0.29) is 0 Å². The van der Waals surface area contributed by atoms with E-state index < -0.39 is 8.80 Å². The van der Waals surface area contributed by atoms with Crippen LogP contribution >= 0.6 is 0 Å². The number of hydrogen-bond acceptors (Lipinski definition) is 4. The molecular formula is C18H25NO3Si. The maximum atomic E-state index is 5.51. The Morgan fingerprint density at radius 1 is 0.739 bits per heavy atom. The molecule has 0 N–H and O–H groups in total. The molecule has 0 saturated carbocycles. The molecule has 0 saturated heterocycles. The quantitative estimate of drug-likeness (QED) is 0.648. The normalized spacial score (nSPS) is 11.4. The van der Waals surface area contributed by atoms with Crippen molar-refractivity contribution in [1.29, 1.82) is 0 Å². The van der Waals surface area contributed by atoms with Crippen LogP contribution in [0, 0.1) is 0 Å². The van der Waals surface area contributed by atoms with Crippen LogP contribution in [0.1, 0.15) is 6.42 Å². The highest BCUT2D eigenvalue weighted by atomic mass is 28.4. The van der Waals surface area contributed by atoms with Gasteiger partial charge in [-0.05, 0) is 30.7 Å². The van der Waals surface area contributed by atoms with Gasteiger partial charge in [-0.2, -0.15) is 0 Å². The van der Waals surface area contributed by atoms with Gasteiger partial charge in [-0.1, -0.05) is 36.4 Å². The monoisotopic (exact) mass is 331 g/mol. The van der Waals surface area contributed by atoms with Crippen molar-refractivity contribution < 1.29 is 13.3 Å². The number of rotatable bonds is 9. The van der Waals surface area contributed by atoms with E-state index in [2.05, 4.69) is 53.4 Å². The first-order valence-corrected chi connectivity index (χ1v) is 9.71. The van der Waals surface area contributed by atoms with Gasteiger partial charge in [0.15, 0.2) is 0 Å². The molecule has 124 valence electrons. The molecule has 0 spiro atoms. The summed E-state index contributed by atoms with van der Waals surface area (Å²) in [6, 6.07) is 21.6. The molecule has 0 unspecified atom stereocenters. The standard InChI is InChI=1S/C18H25NO3Si/c1-20-23(21-2,22-3)16-10-15-19(17-11-6-4-7-12-17)18-13-8-5-9-14-18/h4-9,11-14H,10,15-16H2,1-3H3. The molecule has 2 aromatic carbocycles. The van der Waals surface area contributed by atoms with E-state index in [9.17, 15) is 0 Å². The summed E-state index contributed by atoms with van der Waals surface area (Å²) in [6.45, 7) is 0.874. The molecule has 2 rings (SSSR count). The van der Waals surface area contributed by atoms with Crippen molar-refractivity contribution in [1.82, 2.24) is 0 Å². The van der Waals surface area contributed by atoms with Crippen molar-refractivity contribution in [3.05, 3.63) is 60.7 Å². The molecular weight excluding hydrogens is 306 g/mol. The molecule has 0 atom stereocenters. The van der Waals surface area contributed by atoms with Gasteiger partial charge in [0.25, 0.3) is 0 Å². The summed E-state index contributed by atoms with van der Waals surface area (Å²) in [7, 11) is 2.46. The zero-order chi connectivity index (χ0) is 16.5. The maximum absolute atomic E-state index is 5.51. The van der Waals surface area contributed by atoms with Crippen molar-refractivity contribution in [2.24, 2.45) is 0 Å². The van der Waals surface area contributed by atoms with E-state index in [1.807, 2.05) is 12.1 Å². The maximum Gasteiger partial charge on any atom is 0.500 e. The van der Waals surface area contributed by atoms with Crippen LogP contribution in [0.15, 0.2) is 60.7 Å². The number of anilines is 2. The molecule has 0 amide bonds. The summed E-state index contributed by atoms with van der Waals surface area (Å²) in [4.78, 5) is 2.31. The largest absolute Gasteiger partial charge is 0.500 e. The summed E-state index contributed by atoms with van der Waals surface area (Å²) in [5.41, 5.74) is 2.36. The lowest BCUT2D eigenvalue weighted by molar-refractivity contribution is 0.123. The van der Waals surface area contributed by atoms with E-state index in [0.29, 0.717) is 0 Å². The molecule has 0 aliphatic heterocycles. The van der Waals surface area contributed by atoms with E-state index in [1.54, 1.807) is 21.3 Å². The van der Waals surface area contributed by atoms with Gasteiger partial charge in [-0.25, -0.2) is 0 Å². The third kappa shape index (κ3) is 4.65. The average Bonchev–Trinajstić information content (AvgIpc) is 2.64. The highest BCUT2D eigenvalue weighted by Crippen LogP contribution is 2.26. The Morgan fingerprint density at radius 2 is 1.17 bits per heavy atom. The lowest BCUT2D eigenvalue weighted by Gasteiger charge is -2.28. The predicted octanol–water partition coefficient (Wildman–Crippen LogP) is 4.09. The van der Waals surface area contributed by atoms with Crippen LogP contribution in [0.2, 0.25) is 6.04 Å². The fraction of sp³-hybridized carbons (Fsp3) is 0.333. The van der Waals surface area contributed by atoms with Gasteiger partial charge in [0.05, 0.1) is 0 Å². The van der Waals surface area contributed by atoms with Crippen LogP contribution in [-0.2, 0) is 13.3 Å². The Bertz CT molecular complexity index is 513. The van der Waals surface area contributed by atoms with Gasteiger partial charge in [-0.15, -0.1) is 0 Å². The molecule has 0 fully saturated rings. The second kappa shape index (κ2) is 8.84. The van der Waals surface area contributed by atoms with Crippen LogP contribution < -0.4 is 4.90 Å². The van der Waals surface area contributed by atoms with Crippen molar-refractivity contribution in [3.8, 4) is 0 Å². The molecule has 0 aromatic heterocycles. The minimum Gasteiger partial charge on any atom is -0.377 e. The van der Waals surface area contributed by atoms with Crippen LogP contribution in [-0.4, -0.2) is 36.7 Å². The second-order valence-electron chi connectivity index (χ2n) is 5.22. The molecule has 0 radical (unpaired) electrons. The van der Waals surface area contributed by atoms with E-state index >= 15 is 0 Å². The Morgan fingerprint density at radius 3 is 1.57 bits per heavy atom. The third-order valence-electron chi connectivity index (χ3n) is 3.93. The van der Waals surface area contributed by atoms with Gasteiger partial charge >= 0.3 is 8.80 Å². The Balaban J connectivity index is 2.11. The molecule has 23 heavy (non-hydrogen) atoms. The highest BCUT2D eigenvalue weighted by molar-refractivity contribution is 6.60. The summed E-state index contributed by atoms with van der Waals surface area (Å²) in [6.07, 6.45) is 0.922. The number of nitrogens with zero attached hydrogens (tertiary/aromatic N) is 1. The SMILES string of the molecule is CO[Si](CCCN(c1ccccc1)c1ccccc1)(OC)OC. The summed E-state index contributed by atoms with van der Waals surface area (Å²) >= 11 is 0. The summed E-state index contributed by atoms with van der Waals surface area (Å²) < 4.78 is 16.5. The van der Waals surface area contributed by atoms with Gasteiger partial charge < -0.3 is 18.2 Å². The first-order valence-electron chi connectivity index (χ1n) is 7.78. The smallest absolute Gasteiger partial charge is 0.377 e. The zero-order valence-electron chi connectivity index (χ0n) is 14.1. The Labute approximate surface area is 140 Å². The predicted molar refractivity (Wildman–Crippen MR) is 96.1 cm³/mol. The third-order valence-corrected chi connectivity index (χ3v) is 6.77. The van der Waals surface area contributed by atoms with Gasteiger partial charge in [0.1, 0.15) is 0 Å². The number of benzene rings is 2. The van der Waals surface area contributed by atoms with Gasteiger partial charge in [0.2, 0.25) is 0 Å². The molecule has 0 bridgehead atoms. The van der Waals surface area contributed by atoms with Crippen molar-refractivity contribution in [3.63, 3.8) is 0 Å². The van der Waals surface area contributed by atoms with E-state index in [1.165, 1.54) is 11.4 Å². The minimum absolute atomic E-state index is 0.784. The van der Waals surface area contributed by atoms with Crippen molar-refractivity contribution >= 4 is 20.2 Å². The molecule has 0 aliphatic rings. The average molecular weight is 331 g/mol. The van der Waals surface area contributed by atoms with Crippen molar-refractivity contribution in [2.75, 3.05) is 32.8 Å². The zero-order valence-corrected chi connectivity index (χ0v) is 15.1. The summed E-state index contributed by atoms with van der Waals surface area (Å²) in [5.74, 6) is 0. The molecule has 5 heteroatoms. The lowest BCUT2D eigenvalue weighted by atomic mass is 10.2. The topological polar surface area (TPSA) is 30.9 Å².